The number of azide groups is 1. The van der Waals surface area contributed by atoms with Gasteiger partial charge in [-0.15, -0.1) is 11.8 Å². The lowest BCUT2D eigenvalue weighted by Crippen LogP contribution is -2.58. The highest BCUT2D eigenvalue weighted by Crippen LogP contribution is 2.27. The zero-order valence-electron chi connectivity index (χ0n) is 60.9. The highest BCUT2D eigenvalue weighted by molar-refractivity contribution is 8.00. The van der Waals surface area contributed by atoms with Crippen LogP contribution < -0.4 is 64.2 Å². The van der Waals surface area contributed by atoms with E-state index in [4.69, 9.17) is 35.6 Å². The molecular weight excluding hydrogens is 1430 g/mol. The average Bonchev–Trinajstić information content (AvgIpc) is 1.68. The molecule has 2 aromatic rings. The number of thioether (sulfide) groups is 1. The van der Waals surface area contributed by atoms with Gasteiger partial charge in [-0.3, -0.25) is 82.2 Å². The second kappa shape index (κ2) is 52.8. The molecule has 2 heterocycles. The van der Waals surface area contributed by atoms with E-state index in [1.54, 1.807) is 42.5 Å². The van der Waals surface area contributed by atoms with Gasteiger partial charge >= 0.3 is 5.97 Å². The molecule has 2 unspecified atom stereocenters. The van der Waals surface area contributed by atoms with Crippen molar-refractivity contribution >= 4 is 112 Å². The third-order valence-electron chi connectivity index (χ3n) is 16.4. The first-order valence-corrected chi connectivity index (χ1v) is 37.1. The number of nitrogens with one attached hydrogen (secondary N) is 12. The van der Waals surface area contributed by atoms with Gasteiger partial charge in [0, 0.05) is 81.8 Å². The maximum absolute atomic E-state index is 14.1. The molecule has 38 heteroatoms. The minimum Gasteiger partial charge on any atom is -0.481 e. The van der Waals surface area contributed by atoms with Crippen LogP contribution in [0, 0.1) is 5.41 Å². The number of carboxylic acids is 1. The van der Waals surface area contributed by atoms with Crippen LogP contribution in [0.2, 0.25) is 0 Å². The third-order valence-corrected chi connectivity index (χ3v) is 17.7. The third kappa shape index (κ3) is 39.5. The summed E-state index contributed by atoms with van der Waals surface area (Å²) in [5, 5.41) is 48.4. The first-order valence-electron chi connectivity index (χ1n) is 36.0. The number of amides is 12. The molecule has 6 atom stereocenters. The Balaban J connectivity index is 1.11. The van der Waals surface area contributed by atoms with Gasteiger partial charge in [0.2, 0.25) is 70.9 Å². The Labute approximate surface area is 629 Å². The van der Waals surface area contributed by atoms with E-state index < -0.39 is 113 Å². The number of guanidine groups is 1. The Morgan fingerprint density at radius 2 is 1.25 bits per heavy atom. The molecule has 4 rings (SSSR count). The predicted molar refractivity (Wildman–Crippen MR) is 393 cm³/mol. The van der Waals surface area contributed by atoms with E-state index in [2.05, 4.69) is 68.5 Å². The Morgan fingerprint density at radius 3 is 1.92 bits per heavy atom. The van der Waals surface area contributed by atoms with Crippen LogP contribution in [-0.2, 0) is 104 Å². The number of likely N-dealkylation sites (tertiary alicyclic amines) is 1. The molecule has 12 amide bonds. The fourth-order valence-electron chi connectivity index (χ4n) is 10.8. The molecule has 37 nitrogen and oxygen atoms in total. The van der Waals surface area contributed by atoms with Crippen LogP contribution in [-0.4, -0.2) is 244 Å². The average molecular weight is 1530 g/mol. The SMILES string of the molecule is CC(=O)CC(=O)CCc1ccc(NC(=O)CCCCSC2CC(=O)N(CCC(=O)NC(CCCCNC(=O)CN=[N+]=[N-])C(=O)NCCOCCOCCOCCOCCC(=O)NCCCC[C@@H]3NC(=O)[C@@H](Cc4ccccc4)NC(=O)[C@H](CC(=O)O)NC(=O)CNC(=O)[C@H](CCCNC(=N)N)NC3=O)C2=O)cc1. The van der Waals surface area contributed by atoms with Crippen LogP contribution in [0.3, 0.4) is 0 Å². The highest BCUT2D eigenvalue weighted by Gasteiger charge is 2.39. The second-order valence-corrected chi connectivity index (χ2v) is 26.6. The Kier molecular flexibility index (Phi) is 44.1. The summed E-state index contributed by atoms with van der Waals surface area (Å²) in [4.78, 5) is 196. The van der Waals surface area contributed by atoms with Crippen molar-refractivity contribution in [2.75, 3.05) is 110 Å². The lowest BCUT2D eigenvalue weighted by atomic mass is 10.0. The molecule has 0 bridgehead atoms. The number of carbonyl (C=O) groups excluding carboxylic acids is 14. The number of rotatable bonds is 52. The number of Topliss-reactive ketones (excluding diaryl/α,β-unsaturated/α-hetero) is 2. The van der Waals surface area contributed by atoms with Gasteiger partial charge in [0.1, 0.15) is 48.3 Å². The van der Waals surface area contributed by atoms with E-state index in [0.717, 1.165) is 10.5 Å². The molecule has 0 saturated carbocycles. The van der Waals surface area contributed by atoms with Gasteiger partial charge in [-0.1, -0.05) is 47.6 Å². The van der Waals surface area contributed by atoms with Gasteiger partial charge in [-0.2, -0.15) is 0 Å². The first-order chi connectivity index (χ1) is 51.9. The first kappa shape index (κ1) is 90.3. The minimum atomic E-state index is -1.64. The van der Waals surface area contributed by atoms with E-state index in [9.17, 15) is 77.0 Å². The number of anilines is 1. The molecule has 0 aromatic heterocycles. The van der Waals surface area contributed by atoms with Crippen molar-refractivity contribution in [1.29, 1.82) is 5.41 Å². The number of hydrogen-bond donors (Lipinski definition) is 14. The van der Waals surface area contributed by atoms with Crippen molar-refractivity contribution < 1.29 is 96.0 Å². The number of carboxylic acid groups (broad SMARTS) is 1. The number of hydrogen-bond acceptors (Lipinski definition) is 22. The van der Waals surface area contributed by atoms with Crippen molar-refractivity contribution in [2.45, 2.75) is 164 Å². The van der Waals surface area contributed by atoms with Crippen LogP contribution in [0.25, 0.3) is 10.4 Å². The number of ketones is 2. The number of nitrogens with zero attached hydrogens (tertiary/aromatic N) is 4. The van der Waals surface area contributed by atoms with Crippen LogP contribution in [0.5, 0.6) is 0 Å². The van der Waals surface area contributed by atoms with Gasteiger partial charge in [0.15, 0.2) is 5.96 Å². The molecule has 0 spiro atoms. The smallest absolute Gasteiger partial charge is 0.305 e. The summed E-state index contributed by atoms with van der Waals surface area (Å²) in [5.74, 6) is -8.74. The van der Waals surface area contributed by atoms with E-state index in [1.807, 2.05) is 12.1 Å². The lowest BCUT2D eigenvalue weighted by Gasteiger charge is -2.26. The summed E-state index contributed by atoms with van der Waals surface area (Å²) >= 11 is 1.31. The molecule has 0 radical (unpaired) electrons. The molecule has 2 aliphatic heterocycles. The summed E-state index contributed by atoms with van der Waals surface area (Å²) in [6.45, 7) is 2.17. The van der Waals surface area contributed by atoms with Crippen molar-refractivity contribution in [1.82, 2.24) is 58.1 Å². The number of imide groups is 1. The molecule has 0 aliphatic carbocycles. The quantitative estimate of drug-likeness (QED) is 0.00581. The Hall–Kier alpha value is -10.1. The number of nitrogens with two attached hydrogens (primary N) is 1. The number of aliphatic carboxylic acids is 1. The zero-order valence-corrected chi connectivity index (χ0v) is 61.7. The molecule has 594 valence electrons. The molecular formula is C70H103N17O20S. The van der Waals surface area contributed by atoms with Gasteiger partial charge in [0.25, 0.3) is 0 Å². The van der Waals surface area contributed by atoms with Crippen LogP contribution in [0.1, 0.15) is 127 Å². The largest absolute Gasteiger partial charge is 0.481 e. The standard InChI is InChI=1S/C70H103N17O20S/c1-46(88)40-50(89)23-20-47-18-21-49(22-19-47)80-58(91)17-7-10-39-108-56-43-62(95)87(69(56)103)30-24-59(92)81-51(14-5-9-27-75-60(93)45-79-86-73)64(98)76-29-32-105-34-36-107-38-37-106-35-33-104-31-25-57(90)74-26-8-6-15-53-66(100)83-52(16-11-28-77-70(71)72)65(99)78-44-61(94)82-55(42-63(96)97)68(102)85-54(67(101)84-53)41-48-12-3-2-4-13-48/h2-4,12-13,18-19,21-22,51-56H,5-11,14-17,20,23-45H2,1H3,(H,74,90)(H,75,93)(H,76,98)(H,78,99)(H,80,91)(H,81,92)(H,82,94)(H,83,100)(H,84,101)(H,85,102)(H,96,97)(H4,71,72,77)/t51?,52-,53-,54+,55-,56?/m0/s1. The van der Waals surface area contributed by atoms with Gasteiger partial charge in [-0.05, 0) is 112 Å². The van der Waals surface area contributed by atoms with Crippen molar-refractivity contribution in [3.05, 3.63) is 76.2 Å². The highest BCUT2D eigenvalue weighted by atomic mass is 32.2. The van der Waals surface area contributed by atoms with E-state index in [-0.39, 0.29) is 199 Å². The van der Waals surface area contributed by atoms with Crippen LogP contribution in [0.15, 0.2) is 59.7 Å². The van der Waals surface area contributed by atoms with E-state index in [0.29, 0.717) is 55.5 Å². The minimum absolute atomic E-state index is 0.00209. The molecule has 2 aliphatic rings. The molecule has 108 heavy (non-hydrogen) atoms. The van der Waals surface area contributed by atoms with Crippen molar-refractivity contribution in [3.63, 3.8) is 0 Å². The maximum Gasteiger partial charge on any atom is 0.305 e. The fourth-order valence-corrected chi connectivity index (χ4v) is 12.0. The summed E-state index contributed by atoms with van der Waals surface area (Å²) in [5.41, 5.74) is 16.0. The fraction of sp³-hybridized carbons (Fsp3) is 0.600. The molecule has 2 fully saturated rings. The number of unbranched alkanes of at least 4 members (excludes halogenated alkanes) is 3. The Morgan fingerprint density at radius 1 is 0.639 bits per heavy atom. The number of ether oxygens (including phenoxy) is 4. The molecule has 2 aromatic carbocycles. The van der Waals surface area contributed by atoms with Crippen molar-refractivity contribution in [3.8, 4) is 0 Å². The van der Waals surface area contributed by atoms with Crippen LogP contribution >= 0.6 is 11.8 Å². The van der Waals surface area contributed by atoms with E-state index >= 15 is 0 Å². The zero-order chi connectivity index (χ0) is 78.9. The van der Waals surface area contributed by atoms with Gasteiger partial charge in [-0.25, -0.2) is 0 Å². The van der Waals surface area contributed by atoms with Crippen molar-refractivity contribution in [2.24, 2.45) is 10.8 Å². The summed E-state index contributed by atoms with van der Waals surface area (Å²) in [7, 11) is 0. The second-order valence-electron chi connectivity index (χ2n) is 25.3. The summed E-state index contributed by atoms with van der Waals surface area (Å²) < 4.78 is 22.3. The number of carbonyl (C=O) groups is 15. The maximum atomic E-state index is 14.1. The molecule has 2 saturated heterocycles. The summed E-state index contributed by atoms with van der Waals surface area (Å²) in [6, 6.07) is 9.13. The lowest BCUT2D eigenvalue weighted by molar-refractivity contribution is -0.141. The van der Waals surface area contributed by atoms with Gasteiger partial charge < -0.3 is 88.3 Å². The predicted octanol–water partition coefficient (Wildman–Crippen LogP) is -0.483. The monoisotopic (exact) mass is 1530 g/mol. The normalized spacial score (nSPS) is 17.2. The Bertz CT molecular complexity index is 3370. The molecule has 15 N–H and O–H groups in total. The summed E-state index contributed by atoms with van der Waals surface area (Å²) in [6.07, 6.45) is 2.66. The number of benzene rings is 2. The topological polar surface area (TPSA) is 547 Å². The van der Waals surface area contributed by atoms with Gasteiger partial charge in [0.05, 0.1) is 77.5 Å². The van der Waals surface area contributed by atoms with Crippen LogP contribution in [0.4, 0.5) is 5.69 Å². The number of aryl methyl sites for hydroxylation is 1. The van der Waals surface area contributed by atoms with E-state index in [1.165, 1.54) is 18.7 Å².